The minimum atomic E-state index is -3.85. The predicted molar refractivity (Wildman–Crippen MR) is 112 cm³/mol. The van der Waals surface area contributed by atoms with Crippen molar-refractivity contribution in [3.63, 3.8) is 0 Å². The molecule has 2 aromatic carbocycles. The molecule has 0 saturated heterocycles. The van der Waals surface area contributed by atoms with E-state index in [0.29, 0.717) is 0 Å². The van der Waals surface area contributed by atoms with E-state index in [2.05, 4.69) is 11.6 Å². The van der Waals surface area contributed by atoms with Crippen molar-refractivity contribution in [3.8, 4) is 0 Å². The summed E-state index contributed by atoms with van der Waals surface area (Å²) in [5, 5.41) is 9.31. The molecule has 0 heterocycles. The number of aromatic carboxylic acids is 1. The third-order valence-electron chi connectivity index (χ3n) is 4.70. The fourth-order valence-electron chi connectivity index (χ4n) is 3.07. The summed E-state index contributed by atoms with van der Waals surface area (Å²) >= 11 is 0. The Labute approximate surface area is 167 Å². The van der Waals surface area contributed by atoms with E-state index in [1.54, 1.807) is 25.1 Å². The fourth-order valence-corrected chi connectivity index (χ4v) is 4.15. The maximum Gasteiger partial charge on any atom is 0.337 e. The molecular weight excluding hydrogens is 374 g/mol. The van der Waals surface area contributed by atoms with Crippen molar-refractivity contribution in [1.82, 2.24) is 0 Å². The number of carbonyl (C=O) groups is 1. The first-order valence-corrected chi connectivity index (χ1v) is 11.3. The van der Waals surface area contributed by atoms with E-state index in [1.165, 1.54) is 44.2 Å². The van der Waals surface area contributed by atoms with E-state index in [1.807, 2.05) is 12.1 Å². The summed E-state index contributed by atoms with van der Waals surface area (Å²) in [6.07, 6.45) is 8.25. The molecule has 0 spiro atoms. The van der Waals surface area contributed by atoms with E-state index in [-0.39, 0.29) is 16.1 Å². The van der Waals surface area contributed by atoms with Gasteiger partial charge in [-0.1, -0.05) is 62.8 Å². The summed E-state index contributed by atoms with van der Waals surface area (Å²) in [4.78, 5) is 11.5. The smallest absolute Gasteiger partial charge is 0.337 e. The zero-order chi connectivity index (χ0) is 20.6. The molecule has 0 aliphatic rings. The quantitative estimate of drug-likeness (QED) is 0.492. The number of carboxylic acid groups (broad SMARTS) is 1. The third-order valence-corrected chi connectivity index (χ3v) is 6.08. The van der Waals surface area contributed by atoms with Crippen molar-refractivity contribution in [1.29, 1.82) is 0 Å². The highest BCUT2D eigenvalue weighted by molar-refractivity contribution is 7.92. The molecule has 2 aromatic rings. The first-order valence-electron chi connectivity index (χ1n) is 9.79. The van der Waals surface area contributed by atoms with Gasteiger partial charge < -0.3 is 5.11 Å². The lowest BCUT2D eigenvalue weighted by Crippen LogP contribution is -2.15. The van der Waals surface area contributed by atoms with Crippen LogP contribution < -0.4 is 4.72 Å². The second-order valence-electron chi connectivity index (χ2n) is 7.12. The molecule has 0 aliphatic heterocycles. The van der Waals surface area contributed by atoms with Gasteiger partial charge in [0.1, 0.15) is 0 Å². The number of hydrogen-bond acceptors (Lipinski definition) is 3. The summed E-state index contributed by atoms with van der Waals surface area (Å²) < 4.78 is 27.7. The molecule has 2 N–H and O–H groups in total. The molecule has 0 amide bonds. The van der Waals surface area contributed by atoms with E-state index in [0.717, 1.165) is 24.0 Å². The van der Waals surface area contributed by atoms with Gasteiger partial charge in [0, 0.05) is 0 Å². The highest BCUT2D eigenvalue weighted by Crippen LogP contribution is 2.22. The summed E-state index contributed by atoms with van der Waals surface area (Å²) in [5.41, 5.74) is 1.85. The van der Waals surface area contributed by atoms with Crippen LogP contribution in [0.2, 0.25) is 0 Å². The summed E-state index contributed by atoms with van der Waals surface area (Å²) in [5.74, 6) is -1.17. The molecular formula is C22H29NO4S. The lowest BCUT2D eigenvalue weighted by atomic mass is 10.1. The maximum absolute atomic E-state index is 12.6. The van der Waals surface area contributed by atoms with Gasteiger partial charge in [0.05, 0.1) is 16.1 Å². The Bertz CT molecular complexity index is 889. The molecule has 0 aliphatic carbocycles. The van der Waals surface area contributed by atoms with Crippen LogP contribution in [0.1, 0.15) is 66.9 Å². The van der Waals surface area contributed by atoms with Crippen molar-refractivity contribution in [3.05, 3.63) is 59.2 Å². The van der Waals surface area contributed by atoms with Gasteiger partial charge in [-0.2, -0.15) is 0 Å². The molecule has 152 valence electrons. The van der Waals surface area contributed by atoms with Gasteiger partial charge in [0.15, 0.2) is 0 Å². The van der Waals surface area contributed by atoms with Crippen LogP contribution in [-0.4, -0.2) is 19.5 Å². The van der Waals surface area contributed by atoms with Gasteiger partial charge in [0.2, 0.25) is 0 Å². The molecule has 0 radical (unpaired) electrons. The fraction of sp³-hybridized carbons (Fsp3) is 0.409. The van der Waals surface area contributed by atoms with Gasteiger partial charge in [-0.25, -0.2) is 13.2 Å². The number of aryl methyl sites for hydroxylation is 2. The second kappa shape index (κ2) is 10.3. The van der Waals surface area contributed by atoms with Crippen LogP contribution in [0.25, 0.3) is 0 Å². The predicted octanol–water partition coefficient (Wildman–Crippen LogP) is 5.40. The SMILES string of the molecule is CCCCCCCCc1ccc(S(=O)(=O)Nc2ccc(C)cc2C(=O)O)cc1. The van der Waals surface area contributed by atoms with Crippen LogP contribution in [0.5, 0.6) is 0 Å². The van der Waals surface area contributed by atoms with E-state index >= 15 is 0 Å². The molecule has 0 bridgehead atoms. The van der Waals surface area contributed by atoms with Crippen molar-refractivity contribution in [2.75, 3.05) is 4.72 Å². The van der Waals surface area contributed by atoms with Crippen molar-refractivity contribution in [2.45, 2.75) is 63.7 Å². The van der Waals surface area contributed by atoms with Crippen LogP contribution in [-0.2, 0) is 16.4 Å². The Morgan fingerprint density at radius 3 is 2.25 bits per heavy atom. The number of sulfonamides is 1. The summed E-state index contributed by atoms with van der Waals surface area (Å²) in [7, 11) is -3.85. The molecule has 0 atom stereocenters. The minimum Gasteiger partial charge on any atom is -0.478 e. The van der Waals surface area contributed by atoms with Crippen LogP contribution in [0.4, 0.5) is 5.69 Å². The average molecular weight is 404 g/mol. The van der Waals surface area contributed by atoms with Gasteiger partial charge in [-0.3, -0.25) is 4.72 Å². The van der Waals surface area contributed by atoms with E-state index in [9.17, 15) is 18.3 Å². The first-order chi connectivity index (χ1) is 13.3. The number of benzene rings is 2. The number of rotatable bonds is 11. The molecule has 6 heteroatoms. The van der Waals surface area contributed by atoms with Crippen LogP contribution >= 0.6 is 0 Å². The molecule has 0 fully saturated rings. The molecule has 0 unspecified atom stereocenters. The largest absolute Gasteiger partial charge is 0.478 e. The zero-order valence-electron chi connectivity index (χ0n) is 16.6. The van der Waals surface area contributed by atoms with Gasteiger partial charge in [0.25, 0.3) is 10.0 Å². The van der Waals surface area contributed by atoms with Gasteiger partial charge >= 0.3 is 5.97 Å². The normalized spacial score (nSPS) is 11.4. The number of unbranched alkanes of at least 4 members (excludes halogenated alkanes) is 5. The minimum absolute atomic E-state index is 0.0641. The zero-order valence-corrected chi connectivity index (χ0v) is 17.4. The number of anilines is 1. The van der Waals surface area contributed by atoms with E-state index in [4.69, 9.17) is 0 Å². The Hall–Kier alpha value is -2.34. The van der Waals surface area contributed by atoms with Crippen molar-refractivity contribution >= 4 is 21.7 Å². The van der Waals surface area contributed by atoms with E-state index < -0.39 is 16.0 Å². The van der Waals surface area contributed by atoms with Gasteiger partial charge in [-0.15, -0.1) is 0 Å². The van der Waals surface area contributed by atoms with Gasteiger partial charge in [-0.05, 0) is 49.6 Å². The molecule has 0 saturated carbocycles. The van der Waals surface area contributed by atoms with Crippen molar-refractivity contribution < 1.29 is 18.3 Å². The highest BCUT2D eigenvalue weighted by Gasteiger charge is 2.18. The summed E-state index contributed by atoms with van der Waals surface area (Å²) in [6, 6.07) is 11.4. The Balaban J connectivity index is 2.02. The number of nitrogens with one attached hydrogen (secondary N) is 1. The van der Waals surface area contributed by atoms with Crippen LogP contribution in [0, 0.1) is 6.92 Å². The van der Waals surface area contributed by atoms with Crippen molar-refractivity contribution in [2.24, 2.45) is 0 Å². The lowest BCUT2D eigenvalue weighted by molar-refractivity contribution is 0.0698. The first kappa shape index (κ1) is 22.0. The monoisotopic (exact) mass is 403 g/mol. The Kier molecular flexibility index (Phi) is 8.05. The molecule has 2 rings (SSSR count). The molecule has 0 aromatic heterocycles. The summed E-state index contributed by atoms with van der Waals surface area (Å²) in [6.45, 7) is 3.96. The number of carboxylic acids is 1. The average Bonchev–Trinajstić information content (AvgIpc) is 2.66. The van der Waals surface area contributed by atoms with Crippen LogP contribution in [0.15, 0.2) is 47.4 Å². The molecule has 5 nitrogen and oxygen atoms in total. The second-order valence-corrected chi connectivity index (χ2v) is 8.80. The standard InChI is InChI=1S/C22H29NO4S/c1-3-4-5-6-7-8-9-18-11-13-19(14-12-18)28(26,27)23-21-15-10-17(2)16-20(21)22(24)25/h10-16,23H,3-9H2,1-2H3,(H,24,25). The third kappa shape index (κ3) is 6.37. The Morgan fingerprint density at radius 1 is 0.964 bits per heavy atom. The number of hydrogen-bond donors (Lipinski definition) is 2. The highest BCUT2D eigenvalue weighted by atomic mass is 32.2. The topological polar surface area (TPSA) is 83.5 Å². The Morgan fingerprint density at radius 2 is 1.61 bits per heavy atom. The lowest BCUT2D eigenvalue weighted by Gasteiger charge is -2.12. The molecule has 28 heavy (non-hydrogen) atoms. The maximum atomic E-state index is 12.6. The van der Waals surface area contributed by atoms with Crippen LogP contribution in [0.3, 0.4) is 0 Å².